The zero-order valence-corrected chi connectivity index (χ0v) is 17.9. The number of sulfonamides is 1. The van der Waals surface area contributed by atoms with E-state index in [-0.39, 0.29) is 22.8 Å². The highest BCUT2D eigenvalue weighted by Gasteiger charge is 2.37. The largest absolute Gasteiger partial charge is 0.497 e. The zero-order chi connectivity index (χ0) is 20.9. The van der Waals surface area contributed by atoms with Crippen LogP contribution in [0.3, 0.4) is 0 Å². The second-order valence-corrected chi connectivity index (χ2v) is 10.1. The van der Waals surface area contributed by atoms with E-state index in [0.29, 0.717) is 13.0 Å². The van der Waals surface area contributed by atoms with Gasteiger partial charge in [-0.25, -0.2) is 13.1 Å². The van der Waals surface area contributed by atoms with Gasteiger partial charge in [-0.05, 0) is 85.5 Å². The van der Waals surface area contributed by atoms with Crippen molar-refractivity contribution in [2.75, 3.05) is 18.6 Å². The number of fused-ring (bicyclic) bond motifs is 2. The van der Waals surface area contributed by atoms with Crippen molar-refractivity contribution in [1.82, 2.24) is 4.72 Å². The lowest BCUT2D eigenvalue weighted by molar-refractivity contribution is -0.119. The van der Waals surface area contributed by atoms with Crippen LogP contribution < -0.4 is 14.4 Å². The SMILES string of the molecule is COc1ccc2c(c1)CCC[C@H]2NS(=O)(=O)c1ccc2c(c1)CCN2C(=O)C1CC1. The second kappa shape index (κ2) is 7.39. The fourth-order valence-corrected chi connectivity index (χ4v) is 5.92. The molecular formula is C23H26N2O4S. The molecule has 5 rings (SSSR count). The molecule has 3 aliphatic rings. The van der Waals surface area contributed by atoms with Crippen molar-refractivity contribution in [2.24, 2.45) is 5.92 Å². The van der Waals surface area contributed by atoms with Crippen molar-refractivity contribution in [3.05, 3.63) is 53.1 Å². The van der Waals surface area contributed by atoms with E-state index in [9.17, 15) is 13.2 Å². The number of carbonyl (C=O) groups is 1. The molecular weight excluding hydrogens is 400 g/mol. The van der Waals surface area contributed by atoms with Crippen LogP contribution in [-0.2, 0) is 27.7 Å². The van der Waals surface area contributed by atoms with Crippen LogP contribution in [0.5, 0.6) is 5.75 Å². The molecule has 0 spiro atoms. The molecule has 0 radical (unpaired) electrons. The standard InChI is InChI=1S/C23H26N2O4S/c1-29-18-7-9-20-16(13-18)3-2-4-21(20)24-30(27,28)19-8-10-22-17(14-19)11-12-25(22)23(26)15-5-6-15/h7-10,13-15,21,24H,2-6,11-12H2,1H3/t21-/m1/s1. The van der Waals surface area contributed by atoms with Gasteiger partial charge in [0, 0.05) is 24.2 Å². The van der Waals surface area contributed by atoms with Crippen LogP contribution in [0.25, 0.3) is 0 Å². The third kappa shape index (κ3) is 3.50. The molecule has 0 unspecified atom stereocenters. The van der Waals surface area contributed by atoms with Crippen molar-refractivity contribution in [2.45, 2.75) is 49.5 Å². The smallest absolute Gasteiger partial charge is 0.241 e. The van der Waals surface area contributed by atoms with E-state index in [0.717, 1.165) is 60.2 Å². The molecule has 1 atom stereocenters. The molecule has 2 aromatic carbocycles. The molecule has 2 aromatic rings. The van der Waals surface area contributed by atoms with Gasteiger partial charge in [-0.1, -0.05) is 6.07 Å². The Labute approximate surface area is 177 Å². The number of ether oxygens (including phenoxy) is 1. The lowest BCUT2D eigenvalue weighted by Gasteiger charge is -2.26. The predicted molar refractivity (Wildman–Crippen MR) is 114 cm³/mol. The minimum absolute atomic E-state index is 0.158. The summed E-state index contributed by atoms with van der Waals surface area (Å²) in [6, 6.07) is 10.7. The predicted octanol–water partition coefficient (Wildman–Crippen LogP) is 3.35. The number of amides is 1. The summed E-state index contributed by atoms with van der Waals surface area (Å²) in [5.41, 5.74) is 3.95. The van der Waals surface area contributed by atoms with Crippen molar-refractivity contribution >= 4 is 21.6 Å². The molecule has 7 heteroatoms. The maximum atomic E-state index is 13.2. The van der Waals surface area contributed by atoms with Crippen molar-refractivity contribution in [3.63, 3.8) is 0 Å². The molecule has 1 heterocycles. The van der Waals surface area contributed by atoms with E-state index in [1.54, 1.807) is 25.3 Å². The van der Waals surface area contributed by atoms with E-state index >= 15 is 0 Å². The molecule has 2 aliphatic carbocycles. The number of hydrogen-bond acceptors (Lipinski definition) is 4. The van der Waals surface area contributed by atoms with Crippen molar-refractivity contribution < 1.29 is 17.9 Å². The van der Waals surface area contributed by atoms with Crippen LogP contribution in [-0.4, -0.2) is 28.0 Å². The highest BCUT2D eigenvalue weighted by atomic mass is 32.2. The Balaban J connectivity index is 1.39. The summed E-state index contributed by atoms with van der Waals surface area (Å²) >= 11 is 0. The van der Waals surface area contributed by atoms with Crippen LogP contribution in [0.15, 0.2) is 41.3 Å². The number of methoxy groups -OCH3 is 1. The Kier molecular flexibility index (Phi) is 4.82. The Morgan fingerprint density at radius 3 is 2.67 bits per heavy atom. The summed E-state index contributed by atoms with van der Waals surface area (Å²) < 4.78 is 34.5. The summed E-state index contributed by atoms with van der Waals surface area (Å²) in [5, 5.41) is 0. The maximum Gasteiger partial charge on any atom is 0.241 e. The Bertz CT molecular complexity index is 1110. The average molecular weight is 427 g/mol. The molecule has 1 fully saturated rings. The number of nitrogens with one attached hydrogen (secondary N) is 1. The van der Waals surface area contributed by atoms with Gasteiger partial charge in [0.25, 0.3) is 0 Å². The third-order valence-corrected chi connectivity index (χ3v) is 7.88. The summed E-state index contributed by atoms with van der Waals surface area (Å²) in [6.45, 7) is 0.638. The Hall–Kier alpha value is -2.38. The second-order valence-electron chi connectivity index (χ2n) is 8.44. The van der Waals surface area contributed by atoms with E-state index < -0.39 is 10.0 Å². The maximum absolute atomic E-state index is 13.2. The fourth-order valence-electron chi connectivity index (χ4n) is 4.62. The zero-order valence-electron chi connectivity index (χ0n) is 17.1. The number of aryl methyl sites for hydroxylation is 1. The topological polar surface area (TPSA) is 75.7 Å². The Morgan fingerprint density at radius 2 is 1.90 bits per heavy atom. The fraction of sp³-hybridized carbons (Fsp3) is 0.435. The van der Waals surface area contributed by atoms with Crippen LogP contribution in [0.2, 0.25) is 0 Å². The molecule has 6 nitrogen and oxygen atoms in total. The van der Waals surface area contributed by atoms with Gasteiger partial charge in [-0.2, -0.15) is 0 Å². The number of nitrogens with zero attached hydrogens (tertiary/aromatic N) is 1. The van der Waals surface area contributed by atoms with Gasteiger partial charge in [0.1, 0.15) is 5.75 Å². The van der Waals surface area contributed by atoms with Crippen LogP contribution in [0.4, 0.5) is 5.69 Å². The number of anilines is 1. The monoisotopic (exact) mass is 426 g/mol. The van der Waals surface area contributed by atoms with Crippen LogP contribution >= 0.6 is 0 Å². The summed E-state index contributed by atoms with van der Waals surface area (Å²) in [4.78, 5) is 14.6. The lowest BCUT2D eigenvalue weighted by atomic mass is 9.88. The van der Waals surface area contributed by atoms with Crippen molar-refractivity contribution in [1.29, 1.82) is 0 Å². The number of benzene rings is 2. The first-order valence-electron chi connectivity index (χ1n) is 10.6. The molecule has 0 bridgehead atoms. The normalized spacial score (nSPS) is 20.6. The summed E-state index contributed by atoms with van der Waals surface area (Å²) in [6.07, 6.45) is 5.26. The first kappa shape index (κ1) is 19.6. The molecule has 1 amide bonds. The molecule has 0 aromatic heterocycles. The van der Waals surface area contributed by atoms with Gasteiger partial charge >= 0.3 is 0 Å². The molecule has 30 heavy (non-hydrogen) atoms. The van der Waals surface area contributed by atoms with Gasteiger partial charge in [0.05, 0.1) is 12.0 Å². The summed E-state index contributed by atoms with van der Waals surface area (Å²) in [7, 11) is -2.03. The highest BCUT2D eigenvalue weighted by molar-refractivity contribution is 7.89. The number of hydrogen-bond donors (Lipinski definition) is 1. The minimum Gasteiger partial charge on any atom is -0.497 e. The Morgan fingerprint density at radius 1 is 1.07 bits per heavy atom. The van der Waals surface area contributed by atoms with Crippen LogP contribution in [0, 0.1) is 5.92 Å². The average Bonchev–Trinajstić information content (AvgIpc) is 3.51. The lowest BCUT2D eigenvalue weighted by Crippen LogP contribution is -2.31. The van der Waals surface area contributed by atoms with Crippen molar-refractivity contribution in [3.8, 4) is 5.75 Å². The van der Waals surface area contributed by atoms with E-state index in [4.69, 9.17) is 4.74 Å². The highest BCUT2D eigenvalue weighted by Crippen LogP contribution is 2.38. The number of rotatable bonds is 5. The quantitative estimate of drug-likeness (QED) is 0.796. The first-order valence-corrected chi connectivity index (χ1v) is 12.1. The first-order chi connectivity index (χ1) is 14.5. The van der Waals surface area contributed by atoms with Gasteiger partial charge in [0.2, 0.25) is 15.9 Å². The molecule has 0 saturated heterocycles. The minimum atomic E-state index is -3.67. The molecule has 1 aliphatic heterocycles. The van der Waals surface area contributed by atoms with Crippen LogP contribution in [0.1, 0.15) is 48.4 Å². The van der Waals surface area contributed by atoms with E-state index in [1.165, 1.54) is 0 Å². The van der Waals surface area contributed by atoms with Gasteiger partial charge in [0.15, 0.2) is 0 Å². The molecule has 1 saturated carbocycles. The van der Waals surface area contributed by atoms with Gasteiger partial charge in [-0.15, -0.1) is 0 Å². The molecule has 158 valence electrons. The van der Waals surface area contributed by atoms with Gasteiger partial charge < -0.3 is 9.64 Å². The third-order valence-electron chi connectivity index (χ3n) is 6.41. The summed E-state index contributed by atoms with van der Waals surface area (Å²) in [5.74, 6) is 1.13. The molecule has 1 N–H and O–H groups in total. The van der Waals surface area contributed by atoms with E-state index in [1.807, 2.05) is 23.1 Å². The van der Waals surface area contributed by atoms with Gasteiger partial charge in [-0.3, -0.25) is 4.79 Å². The number of carbonyl (C=O) groups excluding carboxylic acids is 1. The van der Waals surface area contributed by atoms with E-state index in [2.05, 4.69) is 4.72 Å².